The van der Waals surface area contributed by atoms with E-state index in [0.717, 1.165) is 27.9 Å². The summed E-state index contributed by atoms with van der Waals surface area (Å²) in [6, 6.07) is 18.4. The second kappa shape index (κ2) is 9.76. The van der Waals surface area contributed by atoms with E-state index in [-0.39, 0.29) is 24.4 Å². The molecule has 3 aromatic rings. The Bertz CT molecular complexity index is 1250. The first kappa shape index (κ1) is 23.0. The standard InChI is InChI=1S/C26H27N5O3/c1-16-5-4-6-19(13-16)30-26(34)29-18-9-7-17(8-10-18)20-11-12-22(31(3)23(32)15-27-2)24-21(20)14-28-25(24)33/h4-13,27H,14-15H2,1-3H3,(H,28,33)(H2,29,30,34). The average Bonchev–Trinajstić information content (AvgIpc) is 3.20. The highest BCUT2D eigenvalue weighted by molar-refractivity contribution is 6.09. The van der Waals surface area contributed by atoms with E-state index in [0.29, 0.717) is 23.5 Å². The van der Waals surface area contributed by atoms with Crippen molar-refractivity contribution in [3.8, 4) is 11.1 Å². The molecule has 34 heavy (non-hydrogen) atoms. The minimum atomic E-state index is -0.326. The van der Waals surface area contributed by atoms with Crippen LogP contribution in [-0.2, 0) is 11.3 Å². The van der Waals surface area contributed by atoms with Gasteiger partial charge in [-0.15, -0.1) is 0 Å². The maximum atomic E-state index is 12.6. The van der Waals surface area contributed by atoms with Crippen LogP contribution in [0.2, 0.25) is 0 Å². The molecule has 8 heteroatoms. The lowest BCUT2D eigenvalue weighted by atomic mass is 9.95. The van der Waals surface area contributed by atoms with Crippen LogP contribution in [0.3, 0.4) is 0 Å². The molecule has 0 spiro atoms. The number of fused-ring (bicyclic) bond motifs is 1. The molecule has 0 fully saturated rings. The van der Waals surface area contributed by atoms with E-state index >= 15 is 0 Å². The molecule has 0 aromatic heterocycles. The normalized spacial score (nSPS) is 12.0. The van der Waals surface area contributed by atoms with Crippen LogP contribution >= 0.6 is 0 Å². The first-order valence-electron chi connectivity index (χ1n) is 11.0. The Morgan fingerprint density at radius 2 is 1.74 bits per heavy atom. The summed E-state index contributed by atoms with van der Waals surface area (Å²) in [5.41, 5.74) is 6.20. The van der Waals surface area contributed by atoms with Crippen molar-refractivity contribution in [3.05, 3.63) is 77.4 Å². The molecule has 0 saturated carbocycles. The van der Waals surface area contributed by atoms with Gasteiger partial charge < -0.3 is 26.2 Å². The topological polar surface area (TPSA) is 103 Å². The number of hydrogen-bond donors (Lipinski definition) is 4. The summed E-state index contributed by atoms with van der Waals surface area (Å²) >= 11 is 0. The van der Waals surface area contributed by atoms with Gasteiger partial charge in [0.05, 0.1) is 17.8 Å². The smallest absolute Gasteiger partial charge is 0.323 e. The van der Waals surface area contributed by atoms with Crippen LogP contribution in [0.15, 0.2) is 60.7 Å². The summed E-state index contributed by atoms with van der Waals surface area (Å²) in [5, 5.41) is 11.4. The molecule has 4 N–H and O–H groups in total. The zero-order valence-electron chi connectivity index (χ0n) is 19.4. The lowest BCUT2D eigenvalue weighted by Crippen LogP contribution is -2.35. The fourth-order valence-corrected chi connectivity index (χ4v) is 4.03. The summed E-state index contributed by atoms with van der Waals surface area (Å²) in [6.45, 7) is 2.54. The number of aryl methyl sites for hydroxylation is 1. The molecule has 1 aliphatic heterocycles. The van der Waals surface area contributed by atoms with Crippen molar-refractivity contribution in [2.75, 3.05) is 36.2 Å². The van der Waals surface area contributed by atoms with E-state index in [4.69, 9.17) is 0 Å². The monoisotopic (exact) mass is 457 g/mol. The third-order valence-electron chi connectivity index (χ3n) is 5.74. The number of rotatable bonds is 6. The lowest BCUT2D eigenvalue weighted by molar-refractivity contribution is -0.117. The Hall–Kier alpha value is -4.17. The molecule has 3 aromatic carbocycles. The quantitative estimate of drug-likeness (QED) is 0.453. The van der Waals surface area contributed by atoms with E-state index in [9.17, 15) is 14.4 Å². The van der Waals surface area contributed by atoms with Gasteiger partial charge >= 0.3 is 6.03 Å². The summed E-state index contributed by atoms with van der Waals surface area (Å²) in [4.78, 5) is 38.8. The van der Waals surface area contributed by atoms with Crippen molar-refractivity contribution in [1.29, 1.82) is 0 Å². The van der Waals surface area contributed by atoms with Crippen LogP contribution in [0.25, 0.3) is 11.1 Å². The van der Waals surface area contributed by atoms with Crippen molar-refractivity contribution in [2.45, 2.75) is 13.5 Å². The molecule has 8 nitrogen and oxygen atoms in total. The highest BCUT2D eigenvalue weighted by atomic mass is 16.2. The van der Waals surface area contributed by atoms with Crippen molar-refractivity contribution < 1.29 is 14.4 Å². The third-order valence-corrected chi connectivity index (χ3v) is 5.74. The fraction of sp³-hybridized carbons (Fsp3) is 0.192. The van der Waals surface area contributed by atoms with Gasteiger partial charge in [-0.05, 0) is 66.6 Å². The SMILES string of the molecule is CNCC(=O)N(C)c1ccc(-c2ccc(NC(=O)Nc3cccc(C)c3)cc2)c2c1C(=O)NC2. The number of nitrogens with one attached hydrogen (secondary N) is 4. The molecule has 4 amide bonds. The predicted molar refractivity (Wildman–Crippen MR) is 134 cm³/mol. The first-order chi connectivity index (χ1) is 16.4. The molecule has 1 heterocycles. The number of likely N-dealkylation sites (N-methyl/N-ethyl adjacent to an activating group) is 2. The van der Waals surface area contributed by atoms with Crippen molar-refractivity contribution in [2.24, 2.45) is 0 Å². The minimum absolute atomic E-state index is 0.128. The molecule has 0 radical (unpaired) electrons. The Morgan fingerprint density at radius 3 is 2.44 bits per heavy atom. The molecule has 0 bridgehead atoms. The number of anilines is 3. The Morgan fingerprint density at radius 1 is 1.00 bits per heavy atom. The predicted octanol–water partition coefficient (Wildman–Crippen LogP) is 3.73. The molecule has 0 atom stereocenters. The average molecular weight is 458 g/mol. The van der Waals surface area contributed by atoms with Gasteiger partial charge in [0.25, 0.3) is 5.91 Å². The fourth-order valence-electron chi connectivity index (χ4n) is 4.03. The van der Waals surface area contributed by atoms with Crippen LogP contribution in [0.4, 0.5) is 21.9 Å². The number of nitrogens with zero attached hydrogens (tertiary/aromatic N) is 1. The van der Waals surface area contributed by atoms with Crippen LogP contribution in [0, 0.1) is 6.92 Å². The number of hydrogen-bond acceptors (Lipinski definition) is 4. The first-order valence-corrected chi connectivity index (χ1v) is 11.0. The number of amides is 4. The Labute approximate surface area is 198 Å². The molecule has 0 unspecified atom stereocenters. The van der Waals surface area contributed by atoms with Crippen molar-refractivity contribution in [1.82, 2.24) is 10.6 Å². The second-order valence-electron chi connectivity index (χ2n) is 8.18. The third kappa shape index (κ3) is 4.77. The van der Waals surface area contributed by atoms with E-state index in [2.05, 4.69) is 21.3 Å². The van der Waals surface area contributed by atoms with Gasteiger partial charge in [-0.3, -0.25) is 9.59 Å². The summed E-state index contributed by atoms with van der Waals surface area (Å²) < 4.78 is 0. The van der Waals surface area contributed by atoms with Crippen molar-refractivity contribution in [3.63, 3.8) is 0 Å². The van der Waals surface area contributed by atoms with Gasteiger partial charge in [0.2, 0.25) is 5.91 Å². The molecule has 4 rings (SSSR count). The zero-order chi connectivity index (χ0) is 24.2. The van der Waals surface area contributed by atoms with Gasteiger partial charge in [0.15, 0.2) is 0 Å². The highest BCUT2D eigenvalue weighted by Crippen LogP contribution is 2.35. The van der Waals surface area contributed by atoms with Gasteiger partial charge in [-0.25, -0.2) is 4.79 Å². The minimum Gasteiger partial charge on any atom is -0.348 e. The molecule has 174 valence electrons. The highest BCUT2D eigenvalue weighted by Gasteiger charge is 2.28. The van der Waals surface area contributed by atoms with Crippen molar-refractivity contribution >= 4 is 34.9 Å². The van der Waals surface area contributed by atoms with E-state index in [1.54, 1.807) is 20.2 Å². The summed E-state index contributed by atoms with van der Waals surface area (Å²) in [6.07, 6.45) is 0. The maximum Gasteiger partial charge on any atom is 0.323 e. The summed E-state index contributed by atoms with van der Waals surface area (Å²) in [7, 11) is 3.37. The van der Waals surface area contributed by atoms with Gasteiger partial charge in [-0.1, -0.05) is 30.3 Å². The van der Waals surface area contributed by atoms with E-state index in [1.165, 1.54) is 4.90 Å². The second-order valence-corrected chi connectivity index (χ2v) is 8.18. The molecule has 0 aliphatic carbocycles. The lowest BCUT2D eigenvalue weighted by Gasteiger charge is -2.21. The number of carbonyl (C=O) groups excluding carboxylic acids is 3. The van der Waals surface area contributed by atoms with Crippen LogP contribution in [0.5, 0.6) is 0 Å². The molecular formula is C26H27N5O3. The van der Waals surface area contributed by atoms with E-state index in [1.807, 2.05) is 61.5 Å². The Kier molecular flexibility index (Phi) is 6.60. The molecular weight excluding hydrogens is 430 g/mol. The van der Waals surface area contributed by atoms with Gasteiger partial charge in [0.1, 0.15) is 0 Å². The van der Waals surface area contributed by atoms with Crippen LogP contribution in [0.1, 0.15) is 21.5 Å². The Balaban J connectivity index is 1.54. The molecule has 1 aliphatic rings. The number of benzene rings is 3. The van der Waals surface area contributed by atoms with E-state index < -0.39 is 0 Å². The number of urea groups is 1. The largest absolute Gasteiger partial charge is 0.348 e. The molecule has 0 saturated heterocycles. The van der Waals surface area contributed by atoms with Gasteiger partial charge in [0, 0.05) is 25.0 Å². The van der Waals surface area contributed by atoms with Gasteiger partial charge in [-0.2, -0.15) is 0 Å². The summed E-state index contributed by atoms with van der Waals surface area (Å²) in [5.74, 6) is -0.321. The number of carbonyl (C=O) groups is 3. The maximum absolute atomic E-state index is 12.6. The van der Waals surface area contributed by atoms with Crippen LogP contribution in [-0.4, -0.2) is 38.5 Å². The van der Waals surface area contributed by atoms with Crippen LogP contribution < -0.4 is 26.2 Å². The zero-order valence-corrected chi connectivity index (χ0v) is 19.4.